The minimum atomic E-state index is -0.207. The fraction of sp³-hybridized carbons (Fsp3) is 0.333. The number of anilines is 1. The van der Waals surface area contributed by atoms with E-state index < -0.39 is 0 Å². The van der Waals surface area contributed by atoms with Gasteiger partial charge in [-0.1, -0.05) is 55.5 Å². The van der Waals surface area contributed by atoms with Crippen molar-refractivity contribution >= 4 is 32.6 Å². The number of hydrogen-bond donors (Lipinski definition) is 1. The maximum atomic E-state index is 12.6. The lowest BCUT2D eigenvalue weighted by Crippen LogP contribution is -2.18. The van der Waals surface area contributed by atoms with Crippen molar-refractivity contribution in [1.82, 2.24) is 4.98 Å². The Morgan fingerprint density at radius 2 is 1.84 bits per heavy atom. The SMILES string of the molecule is Cc1ccc2nc(NC(=O)[C@@H](C)c3ccc(CC(C)C)cc3)sc2c1. The minimum absolute atomic E-state index is 0.0209. The molecule has 0 aliphatic carbocycles. The Morgan fingerprint density at radius 3 is 2.52 bits per heavy atom. The number of benzene rings is 2. The number of carbonyl (C=O) groups is 1. The quantitative estimate of drug-likeness (QED) is 0.654. The Kier molecular flexibility index (Phi) is 5.19. The number of aromatic nitrogens is 1. The van der Waals surface area contributed by atoms with Crippen molar-refractivity contribution < 1.29 is 4.79 Å². The molecule has 0 spiro atoms. The Morgan fingerprint density at radius 1 is 1.12 bits per heavy atom. The van der Waals surface area contributed by atoms with E-state index in [2.05, 4.69) is 61.4 Å². The Labute approximate surface area is 153 Å². The van der Waals surface area contributed by atoms with E-state index in [1.54, 1.807) is 0 Å². The van der Waals surface area contributed by atoms with Gasteiger partial charge in [0.25, 0.3) is 0 Å². The van der Waals surface area contributed by atoms with Crippen LogP contribution in [0.3, 0.4) is 0 Å². The molecule has 4 heteroatoms. The fourth-order valence-corrected chi connectivity index (χ4v) is 3.83. The summed E-state index contributed by atoms with van der Waals surface area (Å²) in [6, 6.07) is 14.5. The predicted molar refractivity (Wildman–Crippen MR) is 106 cm³/mol. The zero-order valence-corrected chi connectivity index (χ0v) is 16.0. The highest BCUT2D eigenvalue weighted by Crippen LogP contribution is 2.28. The molecule has 1 atom stereocenters. The highest BCUT2D eigenvalue weighted by molar-refractivity contribution is 7.22. The van der Waals surface area contributed by atoms with Gasteiger partial charge in [0, 0.05) is 0 Å². The number of carbonyl (C=O) groups excluding carboxylic acids is 1. The van der Waals surface area contributed by atoms with E-state index in [-0.39, 0.29) is 11.8 Å². The van der Waals surface area contributed by atoms with Crippen molar-refractivity contribution in [2.45, 2.75) is 40.0 Å². The third kappa shape index (κ3) is 4.26. The van der Waals surface area contributed by atoms with Gasteiger partial charge in [-0.05, 0) is 55.0 Å². The molecule has 3 aromatic rings. The lowest BCUT2D eigenvalue weighted by Gasteiger charge is -2.12. The first-order valence-corrected chi connectivity index (χ1v) is 9.51. The summed E-state index contributed by atoms with van der Waals surface area (Å²) < 4.78 is 1.10. The third-order valence-corrected chi connectivity index (χ3v) is 5.22. The molecular formula is C21H24N2OS. The number of amides is 1. The van der Waals surface area contributed by atoms with Gasteiger partial charge in [-0.2, -0.15) is 0 Å². The molecule has 0 saturated carbocycles. The molecule has 0 bridgehead atoms. The zero-order chi connectivity index (χ0) is 18.0. The molecule has 3 nitrogen and oxygen atoms in total. The van der Waals surface area contributed by atoms with Crippen LogP contribution in [-0.4, -0.2) is 10.9 Å². The van der Waals surface area contributed by atoms with Crippen molar-refractivity contribution in [3.8, 4) is 0 Å². The van der Waals surface area contributed by atoms with E-state index in [1.807, 2.05) is 19.1 Å². The molecule has 0 aliphatic rings. The Hall–Kier alpha value is -2.20. The standard InChI is InChI=1S/C21H24N2OS/c1-13(2)11-16-6-8-17(9-7-16)15(4)20(24)23-21-22-18-10-5-14(3)12-19(18)25-21/h5-10,12-13,15H,11H2,1-4H3,(H,22,23,24)/t15-/m0/s1. The summed E-state index contributed by atoms with van der Waals surface area (Å²) >= 11 is 1.52. The summed E-state index contributed by atoms with van der Waals surface area (Å²) in [5.41, 5.74) is 4.47. The molecule has 0 saturated heterocycles. The molecule has 1 amide bonds. The van der Waals surface area contributed by atoms with Crippen LogP contribution in [-0.2, 0) is 11.2 Å². The van der Waals surface area contributed by atoms with Crippen LogP contribution in [0.15, 0.2) is 42.5 Å². The van der Waals surface area contributed by atoms with Crippen molar-refractivity contribution in [3.05, 3.63) is 59.2 Å². The summed E-state index contributed by atoms with van der Waals surface area (Å²) in [5.74, 6) is 0.406. The normalized spacial score (nSPS) is 12.5. The number of nitrogens with zero attached hydrogens (tertiary/aromatic N) is 1. The van der Waals surface area contributed by atoms with Gasteiger partial charge in [-0.3, -0.25) is 4.79 Å². The lowest BCUT2D eigenvalue weighted by atomic mass is 9.96. The van der Waals surface area contributed by atoms with Crippen LogP contribution in [0.5, 0.6) is 0 Å². The van der Waals surface area contributed by atoms with Crippen molar-refractivity contribution in [3.63, 3.8) is 0 Å². The average molecular weight is 353 g/mol. The maximum absolute atomic E-state index is 12.6. The molecule has 0 radical (unpaired) electrons. The van der Waals surface area contributed by atoms with E-state index in [0.717, 1.165) is 22.2 Å². The van der Waals surface area contributed by atoms with Crippen molar-refractivity contribution in [2.75, 3.05) is 5.32 Å². The van der Waals surface area contributed by atoms with E-state index in [4.69, 9.17) is 0 Å². The van der Waals surface area contributed by atoms with E-state index in [1.165, 1.54) is 22.5 Å². The molecule has 1 N–H and O–H groups in total. The predicted octanol–water partition coefficient (Wildman–Crippen LogP) is 5.55. The first-order valence-electron chi connectivity index (χ1n) is 8.69. The van der Waals surface area contributed by atoms with Gasteiger partial charge in [0.05, 0.1) is 16.1 Å². The second-order valence-corrected chi connectivity index (χ2v) is 8.07. The van der Waals surface area contributed by atoms with Crippen LogP contribution in [0.25, 0.3) is 10.2 Å². The molecule has 2 aromatic carbocycles. The summed E-state index contributed by atoms with van der Waals surface area (Å²) in [6.45, 7) is 8.42. The first kappa shape index (κ1) is 17.6. The second kappa shape index (κ2) is 7.36. The molecule has 0 aliphatic heterocycles. The lowest BCUT2D eigenvalue weighted by molar-refractivity contribution is -0.117. The van der Waals surface area contributed by atoms with E-state index in [9.17, 15) is 4.79 Å². The number of fused-ring (bicyclic) bond motifs is 1. The van der Waals surface area contributed by atoms with Crippen molar-refractivity contribution in [1.29, 1.82) is 0 Å². The van der Waals surface area contributed by atoms with Gasteiger partial charge in [-0.25, -0.2) is 4.98 Å². The van der Waals surface area contributed by atoms with E-state index in [0.29, 0.717) is 11.0 Å². The highest BCUT2D eigenvalue weighted by Gasteiger charge is 2.17. The van der Waals surface area contributed by atoms with Gasteiger partial charge < -0.3 is 5.32 Å². The topological polar surface area (TPSA) is 42.0 Å². The molecule has 25 heavy (non-hydrogen) atoms. The van der Waals surface area contributed by atoms with Gasteiger partial charge in [0.2, 0.25) is 5.91 Å². The molecule has 3 rings (SSSR count). The average Bonchev–Trinajstić information content (AvgIpc) is 2.95. The number of aryl methyl sites for hydroxylation is 1. The molecule has 1 heterocycles. The van der Waals surface area contributed by atoms with Gasteiger partial charge in [0.1, 0.15) is 0 Å². The number of nitrogens with one attached hydrogen (secondary N) is 1. The van der Waals surface area contributed by atoms with Gasteiger partial charge in [-0.15, -0.1) is 0 Å². The summed E-state index contributed by atoms with van der Waals surface area (Å²) in [5, 5.41) is 3.63. The number of hydrogen-bond acceptors (Lipinski definition) is 3. The van der Waals surface area contributed by atoms with Crippen LogP contribution in [0.2, 0.25) is 0 Å². The monoisotopic (exact) mass is 352 g/mol. The molecular weight excluding hydrogens is 328 g/mol. The second-order valence-electron chi connectivity index (χ2n) is 7.04. The molecule has 0 fully saturated rings. The van der Waals surface area contributed by atoms with E-state index >= 15 is 0 Å². The summed E-state index contributed by atoms with van der Waals surface area (Å²) in [7, 11) is 0. The van der Waals surface area contributed by atoms with Crippen LogP contribution >= 0.6 is 11.3 Å². The fourth-order valence-electron chi connectivity index (χ4n) is 2.86. The smallest absolute Gasteiger partial charge is 0.233 e. The largest absolute Gasteiger partial charge is 0.301 e. The summed E-state index contributed by atoms with van der Waals surface area (Å²) in [4.78, 5) is 17.1. The van der Waals surface area contributed by atoms with Crippen LogP contribution in [0.4, 0.5) is 5.13 Å². The summed E-state index contributed by atoms with van der Waals surface area (Å²) in [6.07, 6.45) is 1.06. The van der Waals surface area contributed by atoms with Crippen LogP contribution < -0.4 is 5.32 Å². The maximum Gasteiger partial charge on any atom is 0.233 e. The highest BCUT2D eigenvalue weighted by atomic mass is 32.1. The Bertz CT molecular complexity index is 881. The van der Waals surface area contributed by atoms with Crippen molar-refractivity contribution in [2.24, 2.45) is 5.92 Å². The minimum Gasteiger partial charge on any atom is -0.301 e. The van der Waals surface area contributed by atoms with Gasteiger partial charge >= 0.3 is 0 Å². The number of thiazole rings is 1. The molecule has 0 unspecified atom stereocenters. The van der Waals surface area contributed by atoms with Gasteiger partial charge in [0.15, 0.2) is 5.13 Å². The van der Waals surface area contributed by atoms with Crippen LogP contribution in [0, 0.1) is 12.8 Å². The number of rotatable bonds is 5. The first-order chi connectivity index (χ1) is 11.9. The zero-order valence-electron chi connectivity index (χ0n) is 15.2. The van der Waals surface area contributed by atoms with Crippen LogP contribution in [0.1, 0.15) is 43.4 Å². The molecule has 1 aromatic heterocycles. The molecule has 130 valence electrons. The third-order valence-electron chi connectivity index (χ3n) is 4.29. The Balaban J connectivity index is 1.70.